The third kappa shape index (κ3) is 2.22. The highest BCUT2D eigenvalue weighted by Crippen LogP contribution is 2.15. The SMILES string of the molecule is CN(C)C(=O)Nc1ncc(N)c(O)n1. The van der Waals surface area contributed by atoms with E-state index in [9.17, 15) is 4.79 Å². The van der Waals surface area contributed by atoms with Gasteiger partial charge in [-0.15, -0.1) is 0 Å². The molecule has 7 nitrogen and oxygen atoms in total. The Labute approximate surface area is 80.6 Å². The van der Waals surface area contributed by atoms with Crippen LogP contribution in [0.5, 0.6) is 5.88 Å². The molecule has 0 aliphatic carbocycles. The second-order valence-electron chi connectivity index (χ2n) is 2.80. The van der Waals surface area contributed by atoms with Crippen LogP contribution in [-0.2, 0) is 0 Å². The Morgan fingerprint density at radius 2 is 2.29 bits per heavy atom. The van der Waals surface area contributed by atoms with Gasteiger partial charge in [0.2, 0.25) is 11.8 Å². The number of nitrogen functional groups attached to an aromatic ring is 1. The van der Waals surface area contributed by atoms with Crippen molar-refractivity contribution >= 4 is 17.7 Å². The number of nitrogens with two attached hydrogens (primary N) is 1. The monoisotopic (exact) mass is 197 g/mol. The van der Waals surface area contributed by atoms with Crippen LogP contribution in [0, 0.1) is 0 Å². The summed E-state index contributed by atoms with van der Waals surface area (Å²) in [5, 5.41) is 11.5. The molecule has 2 amide bonds. The van der Waals surface area contributed by atoms with Crippen LogP contribution in [0.1, 0.15) is 0 Å². The van der Waals surface area contributed by atoms with Gasteiger partial charge in [0, 0.05) is 14.1 Å². The van der Waals surface area contributed by atoms with E-state index in [1.54, 1.807) is 14.1 Å². The lowest BCUT2D eigenvalue weighted by molar-refractivity contribution is 0.230. The van der Waals surface area contributed by atoms with Gasteiger partial charge in [-0.05, 0) is 0 Å². The largest absolute Gasteiger partial charge is 0.492 e. The normalized spacial score (nSPS) is 9.57. The van der Waals surface area contributed by atoms with Crippen molar-refractivity contribution in [1.82, 2.24) is 14.9 Å². The molecule has 76 valence electrons. The molecular formula is C7H11N5O2. The Morgan fingerprint density at radius 3 is 2.79 bits per heavy atom. The third-order valence-corrected chi connectivity index (χ3v) is 1.42. The molecule has 7 heteroatoms. The van der Waals surface area contributed by atoms with Crippen molar-refractivity contribution in [3.8, 4) is 5.88 Å². The Balaban J connectivity index is 2.78. The van der Waals surface area contributed by atoms with Crippen molar-refractivity contribution in [3.63, 3.8) is 0 Å². The summed E-state index contributed by atoms with van der Waals surface area (Å²) in [6.45, 7) is 0. The highest BCUT2D eigenvalue weighted by atomic mass is 16.3. The van der Waals surface area contributed by atoms with Crippen LogP contribution >= 0.6 is 0 Å². The standard InChI is InChI=1S/C7H11N5O2/c1-12(2)7(14)11-6-9-3-4(8)5(13)10-6/h3H,8H2,1-2H3,(H2,9,10,11,13,14). The molecular weight excluding hydrogens is 186 g/mol. The molecule has 0 aliphatic rings. The second-order valence-corrected chi connectivity index (χ2v) is 2.80. The minimum atomic E-state index is -0.380. The van der Waals surface area contributed by atoms with Crippen LogP contribution in [0.25, 0.3) is 0 Å². The summed E-state index contributed by atoms with van der Waals surface area (Å²) < 4.78 is 0. The van der Waals surface area contributed by atoms with Gasteiger partial charge in [0.25, 0.3) is 0 Å². The molecule has 1 aromatic heterocycles. The Bertz CT molecular complexity index is 352. The van der Waals surface area contributed by atoms with E-state index in [2.05, 4.69) is 15.3 Å². The number of anilines is 2. The van der Waals surface area contributed by atoms with Crippen LogP contribution < -0.4 is 11.1 Å². The zero-order valence-electron chi connectivity index (χ0n) is 7.85. The van der Waals surface area contributed by atoms with Gasteiger partial charge in [-0.25, -0.2) is 9.78 Å². The summed E-state index contributed by atoms with van der Waals surface area (Å²) in [4.78, 5) is 19.7. The molecule has 0 aliphatic heterocycles. The molecule has 0 saturated heterocycles. The quantitative estimate of drug-likeness (QED) is 0.581. The number of rotatable bonds is 1. The van der Waals surface area contributed by atoms with Crippen molar-refractivity contribution in [2.45, 2.75) is 0 Å². The first-order chi connectivity index (χ1) is 6.50. The second kappa shape index (κ2) is 3.77. The Hall–Kier alpha value is -2.05. The number of aromatic nitrogens is 2. The lowest BCUT2D eigenvalue weighted by Gasteiger charge is -2.10. The molecule has 0 fully saturated rings. The number of nitrogens with one attached hydrogen (secondary N) is 1. The van der Waals surface area contributed by atoms with Crippen LogP contribution in [0.2, 0.25) is 0 Å². The molecule has 1 rings (SSSR count). The first kappa shape index (κ1) is 10.0. The number of aromatic hydroxyl groups is 1. The van der Waals surface area contributed by atoms with Gasteiger partial charge in [0.15, 0.2) is 0 Å². The van der Waals surface area contributed by atoms with E-state index in [4.69, 9.17) is 10.8 Å². The number of hydrogen-bond donors (Lipinski definition) is 3. The van der Waals surface area contributed by atoms with Gasteiger partial charge in [0.1, 0.15) is 5.69 Å². The zero-order valence-corrected chi connectivity index (χ0v) is 7.85. The average Bonchev–Trinajstić information content (AvgIpc) is 2.11. The van der Waals surface area contributed by atoms with Gasteiger partial charge < -0.3 is 15.7 Å². The molecule has 0 atom stereocenters. The molecule has 0 bridgehead atoms. The van der Waals surface area contributed by atoms with E-state index in [0.717, 1.165) is 0 Å². The van der Waals surface area contributed by atoms with E-state index in [1.807, 2.05) is 0 Å². The molecule has 0 saturated carbocycles. The van der Waals surface area contributed by atoms with Gasteiger partial charge in [-0.2, -0.15) is 4.98 Å². The molecule has 4 N–H and O–H groups in total. The van der Waals surface area contributed by atoms with Crippen molar-refractivity contribution < 1.29 is 9.90 Å². The summed E-state index contributed by atoms with van der Waals surface area (Å²) in [7, 11) is 3.15. The van der Waals surface area contributed by atoms with Gasteiger partial charge >= 0.3 is 6.03 Å². The Kier molecular flexibility index (Phi) is 2.70. The van der Waals surface area contributed by atoms with E-state index in [-0.39, 0.29) is 23.5 Å². The number of hydrogen-bond acceptors (Lipinski definition) is 5. The first-order valence-electron chi connectivity index (χ1n) is 3.80. The van der Waals surface area contributed by atoms with E-state index in [1.165, 1.54) is 11.1 Å². The van der Waals surface area contributed by atoms with E-state index >= 15 is 0 Å². The average molecular weight is 197 g/mol. The van der Waals surface area contributed by atoms with Crippen LogP contribution in [0.4, 0.5) is 16.4 Å². The molecule has 0 radical (unpaired) electrons. The van der Waals surface area contributed by atoms with E-state index < -0.39 is 0 Å². The highest BCUT2D eigenvalue weighted by Gasteiger charge is 2.07. The molecule has 14 heavy (non-hydrogen) atoms. The van der Waals surface area contributed by atoms with Crippen molar-refractivity contribution in [3.05, 3.63) is 6.20 Å². The van der Waals surface area contributed by atoms with Crippen LogP contribution in [0.3, 0.4) is 0 Å². The topological polar surface area (TPSA) is 104 Å². The molecule has 1 aromatic rings. The summed E-state index contributed by atoms with van der Waals surface area (Å²) in [5.74, 6) is -0.343. The zero-order chi connectivity index (χ0) is 10.7. The minimum absolute atomic E-state index is 0.00963. The summed E-state index contributed by atoms with van der Waals surface area (Å²) in [6, 6.07) is -0.380. The van der Waals surface area contributed by atoms with Crippen molar-refractivity contribution in [2.75, 3.05) is 25.1 Å². The number of carbonyl (C=O) groups is 1. The fourth-order valence-corrected chi connectivity index (χ4v) is 0.650. The van der Waals surface area contributed by atoms with Crippen molar-refractivity contribution in [2.24, 2.45) is 0 Å². The summed E-state index contributed by atoms with van der Waals surface area (Å²) in [5.41, 5.74) is 5.34. The smallest absolute Gasteiger partial charge is 0.323 e. The minimum Gasteiger partial charge on any atom is -0.492 e. The van der Waals surface area contributed by atoms with Gasteiger partial charge in [0.05, 0.1) is 6.20 Å². The maximum absolute atomic E-state index is 11.1. The molecule has 1 heterocycles. The predicted molar refractivity (Wildman–Crippen MR) is 50.8 cm³/mol. The van der Waals surface area contributed by atoms with Gasteiger partial charge in [-0.3, -0.25) is 5.32 Å². The maximum Gasteiger partial charge on any atom is 0.323 e. The lowest BCUT2D eigenvalue weighted by atomic mass is 10.5. The summed E-state index contributed by atoms with van der Waals surface area (Å²) in [6.07, 6.45) is 1.22. The first-order valence-corrected chi connectivity index (χ1v) is 3.80. The number of amides is 2. The molecule has 0 spiro atoms. The lowest BCUT2D eigenvalue weighted by Crippen LogP contribution is -2.28. The van der Waals surface area contributed by atoms with E-state index in [0.29, 0.717) is 0 Å². The Morgan fingerprint density at radius 1 is 1.64 bits per heavy atom. The maximum atomic E-state index is 11.1. The highest BCUT2D eigenvalue weighted by molar-refractivity contribution is 5.87. The number of carbonyl (C=O) groups excluding carboxylic acids is 1. The van der Waals surface area contributed by atoms with Crippen LogP contribution in [0.15, 0.2) is 6.20 Å². The fraction of sp³-hybridized carbons (Fsp3) is 0.286. The predicted octanol–water partition coefficient (Wildman–Crippen LogP) is -0.142. The molecule has 0 aromatic carbocycles. The molecule has 0 unspecified atom stereocenters. The summed E-state index contributed by atoms with van der Waals surface area (Å²) >= 11 is 0. The fourth-order valence-electron chi connectivity index (χ4n) is 0.650. The van der Waals surface area contributed by atoms with Gasteiger partial charge in [-0.1, -0.05) is 0 Å². The number of urea groups is 1. The third-order valence-electron chi connectivity index (χ3n) is 1.42. The van der Waals surface area contributed by atoms with Crippen molar-refractivity contribution in [1.29, 1.82) is 0 Å². The number of nitrogens with zero attached hydrogens (tertiary/aromatic N) is 3. The van der Waals surface area contributed by atoms with Crippen LogP contribution in [-0.4, -0.2) is 40.1 Å².